The molecule has 0 spiro atoms. The third-order valence-electron chi connectivity index (χ3n) is 7.28. The van der Waals surface area contributed by atoms with Crippen LogP contribution in [0, 0.1) is 0 Å². The van der Waals surface area contributed by atoms with E-state index in [1.165, 1.54) is 69.2 Å². The highest BCUT2D eigenvalue weighted by Crippen LogP contribution is 2.25. The lowest BCUT2D eigenvalue weighted by molar-refractivity contribution is -0.129. The summed E-state index contributed by atoms with van der Waals surface area (Å²) in [7, 11) is 0. The lowest BCUT2D eigenvalue weighted by Gasteiger charge is -2.18. The number of ether oxygens (including phenoxy) is 1. The van der Waals surface area contributed by atoms with E-state index in [9.17, 15) is 19.5 Å². The predicted octanol–water partition coefficient (Wildman–Crippen LogP) is 9.19. The van der Waals surface area contributed by atoms with Crippen LogP contribution < -0.4 is 5.32 Å². The average Bonchev–Trinajstić information content (AvgIpc) is 2.98. The average molecular weight is 633 g/mol. The van der Waals surface area contributed by atoms with Crippen LogP contribution in [0.1, 0.15) is 113 Å². The number of ketones is 1. The highest BCUT2D eigenvalue weighted by molar-refractivity contribution is 6.39. The number of amides is 1. The number of aromatic hydroxyl groups is 1. The number of rotatable bonds is 22. The van der Waals surface area contributed by atoms with Crippen molar-refractivity contribution in [2.24, 2.45) is 0 Å². The van der Waals surface area contributed by atoms with Crippen molar-refractivity contribution in [2.45, 2.75) is 109 Å². The number of benzene rings is 2. The zero-order valence-electron chi connectivity index (χ0n) is 25.4. The minimum atomic E-state index is -0.894. The second kappa shape index (κ2) is 21.8. The molecule has 1 atom stereocenters. The molecule has 236 valence electrons. The van der Waals surface area contributed by atoms with E-state index in [2.05, 4.69) is 24.4 Å². The Labute approximate surface area is 267 Å². The highest BCUT2D eigenvalue weighted by Gasteiger charge is 2.24. The van der Waals surface area contributed by atoms with Crippen LogP contribution in [0.15, 0.2) is 54.6 Å². The molecule has 0 aliphatic carbocycles. The van der Waals surface area contributed by atoms with Crippen LogP contribution in [0.3, 0.4) is 0 Å². The Kier molecular flexibility index (Phi) is 18.4. The van der Waals surface area contributed by atoms with Crippen LogP contribution in [0.4, 0.5) is 0 Å². The maximum atomic E-state index is 13.1. The van der Waals surface area contributed by atoms with Gasteiger partial charge in [0, 0.05) is 6.42 Å². The van der Waals surface area contributed by atoms with E-state index in [0.717, 1.165) is 44.1 Å². The van der Waals surface area contributed by atoms with Gasteiger partial charge in [-0.25, -0.2) is 4.79 Å². The third kappa shape index (κ3) is 15.5. The van der Waals surface area contributed by atoms with Crippen LogP contribution in [-0.2, 0) is 20.7 Å². The Bertz CT molecular complexity index is 1130. The lowest BCUT2D eigenvalue weighted by Crippen LogP contribution is -2.44. The van der Waals surface area contributed by atoms with Crippen LogP contribution in [0.25, 0.3) is 0 Å². The topological polar surface area (TPSA) is 92.7 Å². The molecule has 0 aliphatic heterocycles. The molecule has 0 unspecified atom stereocenters. The Hall–Kier alpha value is -2.83. The van der Waals surface area contributed by atoms with Crippen LogP contribution >= 0.6 is 23.2 Å². The van der Waals surface area contributed by atoms with Gasteiger partial charge in [0.25, 0.3) is 0 Å². The maximum Gasteiger partial charge on any atom is 0.341 e. The maximum absolute atomic E-state index is 13.1. The molecule has 0 saturated carbocycles. The summed E-state index contributed by atoms with van der Waals surface area (Å²) in [5, 5.41) is 12.6. The van der Waals surface area contributed by atoms with Crippen molar-refractivity contribution in [2.75, 3.05) is 6.61 Å². The fraction of sp³-hybridized carbons (Fsp3) is 0.514. The minimum absolute atomic E-state index is 0.0121. The number of halogens is 2. The van der Waals surface area contributed by atoms with Gasteiger partial charge in [-0.05, 0) is 68.4 Å². The third-order valence-corrected chi connectivity index (χ3v) is 7.91. The van der Waals surface area contributed by atoms with E-state index in [-0.39, 0.29) is 33.7 Å². The summed E-state index contributed by atoms with van der Waals surface area (Å²) in [5.74, 6) is -1.39. The standard InChI is InChI=1S/C35H47Cl2NO5/c1-2-3-4-5-6-7-8-9-10-11-12-13-14-15-16-20-33(41)38-31(25-27-21-23-28(39)24-22-27)32(40)26-43-35(42)34-29(36)18-17-19-30(34)37/h9-10,17-19,21-24,31,39H,2-8,11-16,20,25-26H2,1H3,(H,38,41)/b10-9-/t31-/m0/s1. The Balaban J connectivity index is 1.72. The van der Waals surface area contributed by atoms with Crippen molar-refractivity contribution in [3.8, 4) is 5.75 Å². The van der Waals surface area contributed by atoms with Crippen molar-refractivity contribution in [3.63, 3.8) is 0 Å². The monoisotopic (exact) mass is 631 g/mol. The molecule has 2 rings (SSSR count). The highest BCUT2D eigenvalue weighted by atomic mass is 35.5. The van der Waals surface area contributed by atoms with Crippen molar-refractivity contribution in [3.05, 3.63) is 75.8 Å². The van der Waals surface area contributed by atoms with E-state index in [0.29, 0.717) is 6.42 Å². The summed E-state index contributed by atoms with van der Waals surface area (Å²) in [6.07, 6.45) is 20.4. The van der Waals surface area contributed by atoms with Gasteiger partial charge in [-0.1, -0.05) is 112 Å². The molecule has 2 aromatic rings. The number of phenolic OH excluding ortho intramolecular Hbond substituents is 1. The molecule has 0 radical (unpaired) electrons. The molecule has 2 N–H and O–H groups in total. The van der Waals surface area contributed by atoms with E-state index >= 15 is 0 Å². The number of unbranched alkanes of at least 4 members (excludes halogenated alkanes) is 11. The molecule has 43 heavy (non-hydrogen) atoms. The second-order valence-electron chi connectivity index (χ2n) is 11.0. The van der Waals surface area contributed by atoms with Gasteiger partial charge in [-0.15, -0.1) is 0 Å². The summed E-state index contributed by atoms with van der Waals surface area (Å²) < 4.78 is 5.21. The van der Waals surface area contributed by atoms with E-state index in [1.54, 1.807) is 18.2 Å². The number of phenols is 1. The summed E-state index contributed by atoms with van der Waals surface area (Å²) in [5.41, 5.74) is 0.736. The Morgan fingerprint density at radius 1 is 0.814 bits per heavy atom. The van der Waals surface area contributed by atoms with E-state index < -0.39 is 24.4 Å². The number of allylic oxidation sites excluding steroid dienone is 2. The first-order chi connectivity index (χ1) is 20.8. The van der Waals surface area contributed by atoms with Crippen LogP contribution in [0.5, 0.6) is 5.75 Å². The SMILES string of the molecule is CCCCCCCC/C=C\CCCCCCCC(=O)N[C@@H](Cc1ccc(O)cc1)C(=O)COC(=O)c1c(Cl)cccc1Cl. The number of carbonyl (C=O) groups is 3. The molecule has 0 fully saturated rings. The van der Waals surface area contributed by atoms with Gasteiger partial charge in [0.05, 0.1) is 21.7 Å². The summed E-state index contributed by atoms with van der Waals surface area (Å²) in [6, 6.07) is 10.1. The molecule has 0 bridgehead atoms. The summed E-state index contributed by atoms with van der Waals surface area (Å²) >= 11 is 12.2. The molecule has 0 heterocycles. The largest absolute Gasteiger partial charge is 0.508 e. The zero-order valence-corrected chi connectivity index (χ0v) is 26.9. The van der Waals surface area contributed by atoms with E-state index in [4.69, 9.17) is 27.9 Å². The normalized spacial score (nSPS) is 11.9. The van der Waals surface area contributed by atoms with E-state index in [1.807, 2.05) is 0 Å². The fourth-order valence-corrected chi connectivity index (χ4v) is 5.29. The quantitative estimate of drug-likeness (QED) is 0.0767. The Morgan fingerprint density at radius 3 is 1.98 bits per heavy atom. The Morgan fingerprint density at radius 2 is 1.37 bits per heavy atom. The first kappa shape index (κ1) is 36.4. The first-order valence-electron chi connectivity index (χ1n) is 15.7. The number of hydrogen-bond acceptors (Lipinski definition) is 5. The molecule has 0 aliphatic rings. The molecule has 0 saturated heterocycles. The van der Waals surface area contributed by atoms with Crippen molar-refractivity contribution >= 4 is 40.9 Å². The zero-order chi connectivity index (χ0) is 31.3. The molecule has 6 nitrogen and oxygen atoms in total. The molecular weight excluding hydrogens is 585 g/mol. The van der Waals surface area contributed by atoms with Gasteiger partial charge in [0.2, 0.25) is 5.91 Å². The van der Waals surface area contributed by atoms with Crippen molar-refractivity contribution in [1.29, 1.82) is 0 Å². The predicted molar refractivity (Wildman–Crippen MR) is 175 cm³/mol. The smallest absolute Gasteiger partial charge is 0.341 e. The first-order valence-corrected chi connectivity index (χ1v) is 16.4. The van der Waals surface area contributed by atoms with Gasteiger partial charge < -0.3 is 15.2 Å². The molecule has 8 heteroatoms. The number of esters is 1. The molecule has 1 amide bonds. The van der Waals surface area contributed by atoms with Gasteiger partial charge >= 0.3 is 5.97 Å². The molecule has 2 aromatic carbocycles. The van der Waals surface area contributed by atoms with Crippen LogP contribution in [0.2, 0.25) is 10.0 Å². The summed E-state index contributed by atoms with van der Waals surface area (Å²) in [6.45, 7) is 1.70. The number of nitrogens with one attached hydrogen (secondary N) is 1. The lowest BCUT2D eigenvalue weighted by atomic mass is 10.0. The van der Waals surface area contributed by atoms with Gasteiger partial charge in [0.15, 0.2) is 12.4 Å². The molecule has 0 aromatic heterocycles. The van der Waals surface area contributed by atoms with Gasteiger partial charge in [-0.3, -0.25) is 9.59 Å². The number of carbonyl (C=O) groups excluding carboxylic acids is 3. The number of Topliss-reactive ketones (excluding diaryl/α,β-unsaturated/α-hetero) is 1. The number of hydrogen-bond donors (Lipinski definition) is 2. The van der Waals surface area contributed by atoms with Gasteiger partial charge in [-0.2, -0.15) is 0 Å². The van der Waals surface area contributed by atoms with Crippen molar-refractivity contribution < 1.29 is 24.2 Å². The summed E-state index contributed by atoms with van der Waals surface area (Å²) in [4.78, 5) is 38.3. The molecular formula is C35H47Cl2NO5. The second-order valence-corrected chi connectivity index (χ2v) is 11.8. The van der Waals surface area contributed by atoms with Crippen molar-refractivity contribution in [1.82, 2.24) is 5.32 Å². The minimum Gasteiger partial charge on any atom is -0.508 e. The van der Waals surface area contributed by atoms with Crippen LogP contribution in [-0.4, -0.2) is 35.4 Å². The fourth-order valence-electron chi connectivity index (χ4n) is 4.74. The van der Waals surface area contributed by atoms with Gasteiger partial charge in [0.1, 0.15) is 5.75 Å².